The lowest BCUT2D eigenvalue weighted by Crippen LogP contribution is -2.26. The molecule has 0 bridgehead atoms. The van der Waals surface area contributed by atoms with E-state index in [-0.39, 0.29) is 17.7 Å². The van der Waals surface area contributed by atoms with Crippen molar-refractivity contribution in [3.63, 3.8) is 0 Å². The number of ketones is 1. The number of ether oxygens (including phenoxy) is 1. The Balaban J connectivity index is 1.63. The van der Waals surface area contributed by atoms with Gasteiger partial charge in [0.15, 0.2) is 5.78 Å². The van der Waals surface area contributed by atoms with Gasteiger partial charge in [-0.15, -0.1) is 0 Å². The van der Waals surface area contributed by atoms with Gasteiger partial charge in [-0.25, -0.2) is 0 Å². The summed E-state index contributed by atoms with van der Waals surface area (Å²) in [6.45, 7) is 0. The van der Waals surface area contributed by atoms with E-state index in [0.29, 0.717) is 11.4 Å². The minimum absolute atomic E-state index is 0.145. The van der Waals surface area contributed by atoms with Crippen LogP contribution in [0.1, 0.15) is 35.9 Å². The van der Waals surface area contributed by atoms with E-state index < -0.39 is 0 Å². The molecule has 0 saturated carbocycles. The molecular formula is C26H23ClN2O2. The van der Waals surface area contributed by atoms with Crippen molar-refractivity contribution >= 4 is 28.8 Å². The lowest BCUT2D eigenvalue weighted by atomic mass is 9.78. The Morgan fingerprint density at radius 2 is 1.71 bits per heavy atom. The molecule has 31 heavy (non-hydrogen) atoms. The van der Waals surface area contributed by atoms with E-state index in [1.165, 1.54) is 5.56 Å². The topological polar surface area (TPSA) is 50.4 Å². The van der Waals surface area contributed by atoms with E-state index in [1.807, 2.05) is 60.7 Å². The van der Waals surface area contributed by atoms with E-state index in [9.17, 15) is 4.79 Å². The number of carbonyl (C=O) groups is 1. The Labute approximate surface area is 186 Å². The largest absolute Gasteiger partial charge is 0.497 e. The number of carbonyl (C=O) groups excluding carboxylic acids is 1. The van der Waals surface area contributed by atoms with Gasteiger partial charge in [-0.05, 0) is 53.8 Å². The van der Waals surface area contributed by atoms with Crippen molar-refractivity contribution in [2.45, 2.75) is 24.8 Å². The highest BCUT2D eigenvalue weighted by molar-refractivity contribution is 6.31. The number of hydrogen-bond acceptors (Lipinski definition) is 4. The van der Waals surface area contributed by atoms with Crippen LogP contribution in [0.5, 0.6) is 5.75 Å². The van der Waals surface area contributed by atoms with Crippen LogP contribution in [-0.4, -0.2) is 12.9 Å². The Kier molecular flexibility index (Phi) is 5.16. The first-order valence-corrected chi connectivity index (χ1v) is 10.8. The van der Waals surface area contributed by atoms with E-state index in [1.54, 1.807) is 7.11 Å². The van der Waals surface area contributed by atoms with Gasteiger partial charge in [-0.2, -0.15) is 0 Å². The number of benzene rings is 3. The average molecular weight is 431 g/mol. The molecule has 5 heteroatoms. The van der Waals surface area contributed by atoms with Gasteiger partial charge < -0.3 is 15.4 Å². The number of Topliss-reactive ketones (excluding diaryl/α,β-unsaturated/α-hetero) is 1. The summed E-state index contributed by atoms with van der Waals surface area (Å²) in [6.07, 6.45) is 1.25. The highest BCUT2D eigenvalue weighted by atomic mass is 35.5. The van der Waals surface area contributed by atoms with Crippen molar-refractivity contribution < 1.29 is 9.53 Å². The second-order valence-corrected chi connectivity index (χ2v) is 8.44. The van der Waals surface area contributed by atoms with Crippen molar-refractivity contribution in [1.29, 1.82) is 0 Å². The highest BCUT2D eigenvalue weighted by Gasteiger charge is 2.36. The average Bonchev–Trinajstić information content (AvgIpc) is 2.96. The van der Waals surface area contributed by atoms with Crippen LogP contribution in [0.15, 0.2) is 84.1 Å². The summed E-state index contributed by atoms with van der Waals surface area (Å²) in [6, 6.07) is 23.6. The molecule has 0 saturated heterocycles. The highest BCUT2D eigenvalue weighted by Crippen LogP contribution is 2.45. The predicted molar refractivity (Wildman–Crippen MR) is 125 cm³/mol. The number of methoxy groups -OCH3 is 1. The summed E-state index contributed by atoms with van der Waals surface area (Å²) in [7, 11) is 1.65. The third kappa shape index (κ3) is 3.79. The molecule has 0 radical (unpaired) electrons. The molecule has 156 valence electrons. The van der Waals surface area contributed by atoms with Crippen LogP contribution in [0, 0.1) is 0 Å². The summed E-state index contributed by atoms with van der Waals surface area (Å²) in [5.74, 6) is 1.06. The molecule has 0 spiro atoms. The van der Waals surface area contributed by atoms with Crippen molar-refractivity contribution in [1.82, 2.24) is 0 Å². The van der Waals surface area contributed by atoms with Crippen molar-refractivity contribution in [2.24, 2.45) is 0 Å². The standard InChI is InChI=1S/C26H23ClN2O2/c1-31-20-9-5-8-17(12-20)26-25-23(28-22-15-19(27)10-11-21(22)29-26)13-18(14-24(25)30)16-6-3-2-4-7-16/h2-12,15,18,26,28-29H,13-14H2,1H3/t18-,26+/m0/s1. The molecule has 0 amide bonds. The van der Waals surface area contributed by atoms with Crippen LogP contribution in [0.3, 0.4) is 0 Å². The zero-order valence-electron chi connectivity index (χ0n) is 17.2. The summed E-state index contributed by atoms with van der Waals surface area (Å²) in [5.41, 5.74) is 5.70. The predicted octanol–water partition coefficient (Wildman–Crippen LogP) is 6.33. The minimum atomic E-state index is -0.274. The fourth-order valence-electron chi connectivity index (χ4n) is 4.55. The van der Waals surface area contributed by atoms with Crippen molar-refractivity contribution in [3.05, 3.63) is 100 Å². The second kappa shape index (κ2) is 8.12. The summed E-state index contributed by atoms with van der Waals surface area (Å²) >= 11 is 6.28. The molecule has 0 fully saturated rings. The van der Waals surface area contributed by atoms with Gasteiger partial charge in [0.05, 0.1) is 24.5 Å². The molecule has 1 aliphatic heterocycles. The molecule has 2 atom stereocenters. The number of halogens is 1. The number of anilines is 2. The number of hydrogen-bond donors (Lipinski definition) is 2. The van der Waals surface area contributed by atoms with Gasteiger partial charge in [0.25, 0.3) is 0 Å². The van der Waals surface area contributed by atoms with E-state index in [2.05, 4.69) is 22.8 Å². The Morgan fingerprint density at radius 3 is 2.52 bits per heavy atom. The maximum Gasteiger partial charge on any atom is 0.163 e. The molecule has 4 nitrogen and oxygen atoms in total. The molecule has 2 aliphatic rings. The summed E-state index contributed by atoms with van der Waals surface area (Å²) in [4.78, 5) is 13.5. The maximum absolute atomic E-state index is 13.5. The van der Waals surface area contributed by atoms with Crippen LogP contribution in [0.25, 0.3) is 0 Å². The Morgan fingerprint density at radius 1 is 0.903 bits per heavy atom. The SMILES string of the molecule is COc1cccc([C@H]2Nc3ccc(Cl)cc3NC3=C2C(=O)C[C@@H](c2ccccc2)C3)c1. The van der Waals surface area contributed by atoms with Gasteiger partial charge in [-0.3, -0.25) is 4.79 Å². The number of nitrogens with one attached hydrogen (secondary N) is 2. The first kappa shape index (κ1) is 19.7. The first-order chi connectivity index (χ1) is 15.1. The zero-order valence-corrected chi connectivity index (χ0v) is 17.9. The fraction of sp³-hybridized carbons (Fsp3) is 0.192. The minimum Gasteiger partial charge on any atom is -0.497 e. The van der Waals surface area contributed by atoms with Crippen LogP contribution in [0.2, 0.25) is 5.02 Å². The van der Waals surface area contributed by atoms with E-state index in [4.69, 9.17) is 16.3 Å². The zero-order chi connectivity index (χ0) is 21.4. The molecule has 1 aliphatic carbocycles. The van der Waals surface area contributed by atoms with Crippen LogP contribution in [0.4, 0.5) is 11.4 Å². The van der Waals surface area contributed by atoms with Gasteiger partial charge in [-0.1, -0.05) is 54.1 Å². The molecule has 0 aromatic heterocycles. The van der Waals surface area contributed by atoms with Gasteiger partial charge in [0, 0.05) is 22.7 Å². The third-order valence-corrected chi connectivity index (χ3v) is 6.30. The molecule has 1 heterocycles. The van der Waals surface area contributed by atoms with Crippen LogP contribution in [-0.2, 0) is 4.79 Å². The third-order valence-electron chi connectivity index (χ3n) is 6.06. The smallest absolute Gasteiger partial charge is 0.163 e. The first-order valence-electron chi connectivity index (χ1n) is 10.4. The molecule has 3 aromatic carbocycles. The normalized spacial score (nSPS) is 20.1. The molecule has 3 aromatic rings. The van der Waals surface area contributed by atoms with E-state index in [0.717, 1.165) is 40.4 Å². The lowest BCUT2D eigenvalue weighted by molar-refractivity contribution is -0.116. The number of allylic oxidation sites excluding steroid dienone is 1. The lowest BCUT2D eigenvalue weighted by Gasteiger charge is -2.30. The maximum atomic E-state index is 13.5. The number of rotatable bonds is 3. The second-order valence-electron chi connectivity index (χ2n) is 8.00. The fourth-order valence-corrected chi connectivity index (χ4v) is 4.72. The Hall–Kier alpha value is -3.24. The summed E-state index contributed by atoms with van der Waals surface area (Å²) in [5, 5.41) is 7.77. The van der Waals surface area contributed by atoms with Crippen LogP contribution >= 0.6 is 11.6 Å². The van der Waals surface area contributed by atoms with Crippen molar-refractivity contribution in [2.75, 3.05) is 17.7 Å². The molecular weight excluding hydrogens is 408 g/mol. The van der Waals surface area contributed by atoms with Gasteiger partial charge >= 0.3 is 0 Å². The van der Waals surface area contributed by atoms with Crippen molar-refractivity contribution in [3.8, 4) is 5.75 Å². The molecule has 5 rings (SSSR count). The van der Waals surface area contributed by atoms with E-state index >= 15 is 0 Å². The number of fused-ring (bicyclic) bond motifs is 1. The quantitative estimate of drug-likeness (QED) is 0.509. The van der Waals surface area contributed by atoms with Gasteiger partial charge in [0.1, 0.15) is 5.75 Å². The molecule has 2 N–H and O–H groups in total. The molecule has 0 unspecified atom stereocenters. The summed E-state index contributed by atoms with van der Waals surface area (Å²) < 4.78 is 5.44. The Bertz CT molecular complexity index is 1170. The van der Waals surface area contributed by atoms with Crippen LogP contribution < -0.4 is 15.4 Å². The monoisotopic (exact) mass is 430 g/mol. The van der Waals surface area contributed by atoms with Gasteiger partial charge in [0.2, 0.25) is 0 Å².